The van der Waals surface area contributed by atoms with Crippen LogP contribution in [0.3, 0.4) is 0 Å². The number of hydrogen-bond donors (Lipinski definition) is 0. The van der Waals surface area contributed by atoms with Crippen LogP contribution in [0, 0.1) is 17.8 Å². The van der Waals surface area contributed by atoms with Gasteiger partial charge in [-0.1, -0.05) is 133 Å². The molecule has 12 heteroatoms. The van der Waals surface area contributed by atoms with Crippen LogP contribution in [0.1, 0.15) is 58.2 Å². The van der Waals surface area contributed by atoms with Crippen LogP contribution < -0.4 is 0 Å². The van der Waals surface area contributed by atoms with Gasteiger partial charge in [0.1, 0.15) is 18.1 Å². The van der Waals surface area contributed by atoms with Gasteiger partial charge in [0.2, 0.25) is 0 Å². The minimum absolute atomic E-state index is 0.0307. The molecule has 0 radical (unpaired) electrons. The molecular formula is C45H57N3O9. The molecule has 1 aliphatic heterocycles. The van der Waals surface area contributed by atoms with Gasteiger partial charge >= 0.3 is 17.9 Å². The predicted molar refractivity (Wildman–Crippen MR) is 214 cm³/mol. The molecule has 0 N–H and O–H groups in total. The Kier molecular flexibility index (Phi) is 15.6. The van der Waals surface area contributed by atoms with Gasteiger partial charge in [-0.2, -0.15) is 0 Å². The third-order valence-electron chi connectivity index (χ3n) is 10.4. The number of carbonyl (C=O) groups excluding carboxylic acids is 6. The number of hydrogen-bond acceptors (Lipinski definition) is 9. The molecule has 57 heavy (non-hydrogen) atoms. The van der Waals surface area contributed by atoms with Crippen LogP contribution in [-0.4, -0.2) is 108 Å². The van der Waals surface area contributed by atoms with Crippen molar-refractivity contribution < 1.29 is 43.0 Å². The predicted octanol–water partition coefficient (Wildman–Crippen LogP) is 4.91. The van der Waals surface area contributed by atoms with E-state index in [2.05, 4.69) is 0 Å². The van der Waals surface area contributed by atoms with Gasteiger partial charge in [-0.25, -0.2) is 14.4 Å². The number of likely N-dealkylation sites (N-methyl/N-ethyl adjacent to an activating group) is 3. The molecule has 3 aromatic rings. The van der Waals surface area contributed by atoms with Crippen molar-refractivity contribution in [1.82, 2.24) is 14.7 Å². The lowest BCUT2D eigenvalue weighted by molar-refractivity contribution is -0.179. The van der Waals surface area contributed by atoms with Crippen LogP contribution in [0.4, 0.5) is 0 Å². The molecule has 6 atom stereocenters. The Hall–Kier alpha value is -5.52. The van der Waals surface area contributed by atoms with Crippen molar-refractivity contribution in [2.45, 2.75) is 97.2 Å². The molecule has 0 aromatic heterocycles. The van der Waals surface area contributed by atoms with E-state index in [0.29, 0.717) is 0 Å². The SMILES string of the molecule is CC(C)[C@H]1OC(=O)[C@@H](Cc2ccccc2)N(C)C(=O)[C@@H](C(C)C)OC(=O)[C@@H](Cc2ccccc2)N(C)C(=O)[C@@H](C(C)C)OC(=O)[C@@H](Cc2ccccc2)N(C)C1=O. The number of ether oxygens (including phenoxy) is 3. The summed E-state index contributed by atoms with van der Waals surface area (Å²) < 4.78 is 18.1. The Bertz CT molecular complexity index is 1620. The van der Waals surface area contributed by atoms with E-state index in [1.54, 1.807) is 114 Å². The summed E-state index contributed by atoms with van der Waals surface area (Å²) in [6.45, 7) is 10.3. The summed E-state index contributed by atoms with van der Waals surface area (Å²) in [6.07, 6.45) is -3.99. The molecule has 1 saturated heterocycles. The molecule has 1 aliphatic rings. The van der Waals surface area contributed by atoms with Crippen LogP contribution in [-0.2, 0) is 62.2 Å². The molecule has 0 aliphatic carbocycles. The number of carbonyl (C=O) groups is 6. The van der Waals surface area contributed by atoms with Crippen LogP contribution in [0.15, 0.2) is 91.0 Å². The Morgan fingerprint density at radius 1 is 0.404 bits per heavy atom. The molecule has 1 fully saturated rings. The van der Waals surface area contributed by atoms with Crippen molar-refractivity contribution in [2.75, 3.05) is 21.1 Å². The Morgan fingerprint density at radius 2 is 0.614 bits per heavy atom. The fraction of sp³-hybridized carbons (Fsp3) is 0.467. The van der Waals surface area contributed by atoms with E-state index in [4.69, 9.17) is 14.2 Å². The molecule has 0 saturated carbocycles. The largest absolute Gasteiger partial charge is 0.450 e. The fourth-order valence-electron chi connectivity index (χ4n) is 6.74. The standard InChI is InChI=1S/C45H57N3O9/c1-28(2)37-40(49)46(7)35(26-32-21-15-11-16-22-32)44(53)56-39(30(5)6)42(51)48(9)36(27-33-23-17-12-18-24-33)45(54)57-38(29(3)4)41(50)47(8)34(43(52)55-37)25-31-19-13-10-14-20-31/h10-24,28-30,34-39H,25-27H2,1-9H3/t34-,35-,36-,37-,38-,39-/m1/s1. The quantitative estimate of drug-likeness (QED) is 0.219. The summed E-state index contributed by atoms with van der Waals surface area (Å²) in [5.41, 5.74) is 2.16. The third kappa shape index (κ3) is 11.3. The van der Waals surface area contributed by atoms with Crippen molar-refractivity contribution in [3.8, 4) is 0 Å². The maximum atomic E-state index is 14.4. The number of benzene rings is 3. The molecule has 1 heterocycles. The molecule has 0 unspecified atom stereocenters. The second-order valence-corrected chi connectivity index (χ2v) is 15.8. The van der Waals surface area contributed by atoms with Gasteiger partial charge in [0.05, 0.1) is 0 Å². The fourth-order valence-corrected chi connectivity index (χ4v) is 6.74. The highest BCUT2D eigenvalue weighted by molar-refractivity contribution is 5.94. The van der Waals surface area contributed by atoms with Crippen molar-refractivity contribution in [1.29, 1.82) is 0 Å². The zero-order valence-corrected chi connectivity index (χ0v) is 34.5. The lowest BCUT2D eigenvalue weighted by Crippen LogP contribution is -2.56. The van der Waals surface area contributed by atoms with E-state index in [-0.39, 0.29) is 19.3 Å². The lowest BCUT2D eigenvalue weighted by atomic mass is 9.99. The van der Waals surface area contributed by atoms with Gasteiger partial charge in [-0.15, -0.1) is 0 Å². The second kappa shape index (κ2) is 20.1. The monoisotopic (exact) mass is 783 g/mol. The highest BCUT2D eigenvalue weighted by atomic mass is 16.6. The summed E-state index contributed by atoms with van der Waals surface area (Å²) in [5, 5.41) is 0. The molecular weight excluding hydrogens is 727 g/mol. The van der Waals surface area contributed by atoms with E-state index >= 15 is 0 Å². The van der Waals surface area contributed by atoms with Crippen LogP contribution >= 0.6 is 0 Å². The van der Waals surface area contributed by atoms with Crippen molar-refractivity contribution >= 4 is 35.6 Å². The first kappa shape index (κ1) is 44.2. The van der Waals surface area contributed by atoms with Crippen molar-refractivity contribution in [2.24, 2.45) is 17.8 Å². The average molecular weight is 784 g/mol. The molecule has 12 nitrogen and oxygen atoms in total. The van der Waals surface area contributed by atoms with Gasteiger partial charge in [0.15, 0.2) is 18.3 Å². The minimum Gasteiger partial charge on any atom is -0.450 e. The Labute approximate surface area is 336 Å². The number of rotatable bonds is 9. The zero-order valence-electron chi connectivity index (χ0n) is 34.5. The van der Waals surface area contributed by atoms with E-state index < -0.39 is 89.8 Å². The maximum absolute atomic E-state index is 14.4. The maximum Gasteiger partial charge on any atom is 0.329 e. The summed E-state index contributed by atoms with van der Waals surface area (Å²) in [4.78, 5) is 89.9. The minimum atomic E-state index is -1.36. The summed E-state index contributed by atoms with van der Waals surface area (Å²) in [6, 6.07) is 23.4. The summed E-state index contributed by atoms with van der Waals surface area (Å²) >= 11 is 0. The molecule has 3 aromatic carbocycles. The smallest absolute Gasteiger partial charge is 0.329 e. The zero-order chi connectivity index (χ0) is 42.0. The van der Waals surface area contributed by atoms with Crippen molar-refractivity contribution in [3.63, 3.8) is 0 Å². The number of esters is 3. The van der Waals surface area contributed by atoms with E-state index in [1.165, 1.54) is 35.8 Å². The van der Waals surface area contributed by atoms with Crippen LogP contribution in [0.25, 0.3) is 0 Å². The first-order valence-corrected chi connectivity index (χ1v) is 19.5. The number of nitrogens with zero attached hydrogens (tertiary/aromatic N) is 3. The molecule has 0 bridgehead atoms. The van der Waals surface area contributed by atoms with Gasteiger partial charge in [0, 0.05) is 40.4 Å². The topological polar surface area (TPSA) is 140 Å². The first-order chi connectivity index (χ1) is 27.0. The van der Waals surface area contributed by atoms with Gasteiger partial charge in [0.25, 0.3) is 17.7 Å². The Balaban J connectivity index is 1.88. The lowest BCUT2D eigenvalue weighted by Gasteiger charge is -2.37. The normalized spacial score (nSPS) is 23.7. The van der Waals surface area contributed by atoms with Gasteiger partial charge < -0.3 is 28.9 Å². The summed E-state index contributed by atoms with van der Waals surface area (Å²) in [5.74, 6) is -6.18. The van der Waals surface area contributed by atoms with E-state index in [0.717, 1.165) is 16.7 Å². The van der Waals surface area contributed by atoms with E-state index in [9.17, 15) is 28.8 Å². The van der Waals surface area contributed by atoms with Crippen LogP contribution in [0.5, 0.6) is 0 Å². The third-order valence-corrected chi connectivity index (χ3v) is 10.4. The molecule has 3 amide bonds. The first-order valence-electron chi connectivity index (χ1n) is 19.5. The van der Waals surface area contributed by atoms with Crippen LogP contribution in [0.2, 0.25) is 0 Å². The molecule has 306 valence electrons. The number of cyclic esters (lactones) is 3. The average Bonchev–Trinajstić information content (AvgIpc) is 3.19. The Morgan fingerprint density at radius 3 is 0.807 bits per heavy atom. The van der Waals surface area contributed by atoms with Gasteiger partial charge in [-0.05, 0) is 34.4 Å². The highest BCUT2D eigenvalue weighted by Crippen LogP contribution is 2.24. The molecule has 0 spiro atoms. The molecule has 4 rings (SSSR count). The number of amides is 3. The second-order valence-electron chi connectivity index (χ2n) is 15.8. The van der Waals surface area contributed by atoms with Crippen molar-refractivity contribution in [3.05, 3.63) is 108 Å². The van der Waals surface area contributed by atoms with Gasteiger partial charge in [-0.3, -0.25) is 14.4 Å². The summed E-state index contributed by atoms with van der Waals surface area (Å²) in [7, 11) is 4.31. The highest BCUT2D eigenvalue weighted by Gasteiger charge is 2.44. The van der Waals surface area contributed by atoms with E-state index in [1.807, 2.05) is 18.2 Å².